The molecule has 1 unspecified atom stereocenters. The second kappa shape index (κ2) is 5.33. The first kappa shape index (κ1) is 13.8. The molecule has 1 aliphatic heterocycles. The van der Waals surface area contributed by atoms with Crippen LogP contribution in [0.4, 0.5) is 5.82 Å². The maximum atomic E-state index is 11.7. The summed E-state index contributed by atoms with van der Waals surface area (Å²) in [4.78, 5) is 29.1. The molecule has 0 spiro atoms. The van der Waals surface area contributed by atoms with Crippen molar-refractivity contribution < 1.29 is 19.4 Å². The number of carbonyl (C=O) groups is 2. The van der Waals surface area contributed by atoms with Gasteiger partial charge in [0.05, 0.1) is 18.7 Å². The van der Waals surface area contributed by atoms with E-state index < -0.39 is 18.0 Å². The van der Waals surface area contributed by atoms with Gasteiger partial charge in [-0.3, -0.25) is 4.79 Å². The van der Waals surface area contributed by atoms with Crippen LogP contribution in [0, 0.1) is 0 Å². The average Bonchev–Trinajstić information content (AvgIpc) is 2.93. The zero-order valence-corrected chi connectivity index (χ0v) is 11.5. The van der Waals surface area contributed by atoms with E-state index in [-0.39, 0.29) is 13.2 Å². The third kappa shape index (κ3) is 2.56. The number of rotatable bonds is 3. The number of hydrogen-bond acceptors (Lipinski definition) is 5. The number of carbonyl (C=O) groups excluding carboxylic acids is 1. The molecule has 1 amide bonds. The van der Waals surface area contributed by atoms with Crippen molar-refractivity contribution in [2.75, 3.05) is 24.6 Å². The molecule has 1 aromatic rings. The third-order valence-electron chi connectivity index (χ3n) is 3.94. The van der Waals surface area contributed by atoms with Gasteiger partial charge in [-0.25, -0.2) is 9.78 Å². The number of amides is 1. The number of nitrogens with zero attached hydrogens (tertiary/aromatic N) is 2. The van der Waals surface area contributed by atoms with E-state index in [1.165, 1.54) is 0 Å². The molecule has 2 aliphatic rings. The number of hydrogen-bond donors (Lipinski definition) is 2. The fraction of sp³-hybridized carbons (Fsp3) is 0.500. The highest BCUT2D eigenvalue weighted by molar-refractivity contribution is 5.98. The van der Waals surface area contributed by atoms with Gasteiger partial charge in [-0.15, -0.1) is 0 Å². The molecule has 1 fully saturated rings. The lowest BCUT2D eigenvalue weighted by atomic mass is 10.1. The van der Waals surface area contributed by atoms with Gasteiger partial charge in [0, 0.05) is 12.2 Å². The summed E-state index contributed by atoms with van der Waals surface area (Å²) in [7, 11) is 0. The highest BCUT2D eigenvalue weighted by atomic mass is 16.5. The predicted octanol–water partition coefficient (Wildman–Crippen LogP) is -0.0410. The Kier molecular flexibility index (Phi) is 3.50. The lowest BCUT2D eigenvalue weighted by Gasteiger charge is -2.32. The Bertz CT molecular complexity index is 602. The first-order valence-electron chi connectivity index (χ1n) is 6.98. The van der Waals surface area contributed by atoms with Crippen LogP contribution in [0.2, 0.25) is 0 Å². The van der Waals surface area contributed by atoms with Crippen LogP contribution >= 0.6 is 0 Å². The van der Waals surface area contributed by atoms with E-state index >= 15 is 0 Å². The van der Waals surface area contributed by atoms with E-state index in [1.807, 2.05) is 0 Å². The predicted molar refractivity (Wildman–Crippen MR) is 74.4 cm³/mol. The van der Waals surface area contributed by atoms with Crippen molar-refractivity contribution in [1.29, 1.82) is 0 Å². The summed E-state index contributed by atoms with van der Waals surface area (Å²) < 4.78 is 5.20. The second-order valence-electron chi connectivity index (χ2n) is 5.33. The molecule has 0 aromatic carbocycles. The molecule has 3 N–H and O–H groups in total. The van der Waals surface area contributed by atoms with Crippen LogP contribution in [0.1, 0.15) is 28.0 Å². The van der Waals surface area contributed by atoms with E-state index in [4.69, 9.17) is 15.6 Å². The average molecular weight is 291 g/mol. The van der Waals surface area contributed by atoms with Crippen LogP contribution in [0.3, 0.4) is 0 Å². The van der Waals surface area contributed by atoms with E-state index in [2.05, 4.69) is 4.98 Å². The van der Waals surface area contributed by atoms with Gasteiger partial charge < -0.3 is 20.5 Å². The first-order chi connectivity index (χ1) is 10.1. The summed E-state index contributed by atoms with van der Waals surface area (Å²) in [5, 5.41) is 9.07. The summed E-state index contributed by atoms with van der Waals surface area (Å²) in [6.07, 6.45) is 1.90. The van der Waals surface area contributed by atoms with Crippen LogP contribution < -0.4 is 10.6 Å². The number of carboxylic acids is 1. The zero-order chi connectivity index (χ0) is 15.0. The van der Waals surface area contributed by atoms with Crippen molar-refractivity contribution in [1.82, 2.24) is 4.98 Å². The van der Waals surface area contributed by atoms with Gasteiger partial charge in [0.15, 0.2) is 6.10 Å². The summed E-state index contributed by atoms with van der Waals surface area (Å²) >= 11 is 0. The summed E-state index contributed by atoms with van der Waals surface area (Å²) in [6.45, 7) is 0.950. The van der Waals surface area contributed by atoms with Crippen molar-refractivity contribution in [2.24, 2.45) is 5.73 Å². The fourth-order valence-electron chi connectivity index (χ4n) is 2.87. The largest absolute Gasteiger partial charge is 0.479 e. The first-order valence-corrected chi connectivity index (χ1v) is 6.98. The number of primary amides is 1. The van der Waals surface area contributed by atoms with Gasteiger partial charge in [-0.1, -0.05) is 0 Å². The number of aromatic nitrogens is 1. The SMILES string of the molecule is NC(=O)c1cc2c(nc1N1CCOC(C(=O)O)C1)CCC2. The fourth-order valence-corrected chi connectivity index (χ4v) is 2.87. The summed E-state index contributed by atoms with van der Waals surface area (Å²) in [5.74, 6) is -1.07. The molecule has 3 rings (SSSR count). The normalized spacial score (nSPS) is 21.1. The van der Waals surface area contributed by atoms with Gasteiger partial charge >= 0.3 is 5.97 Å². The van der Waals surface area contributed by atoms with E-state index in [0.29, 0.717) is 17.9 Å². The van der Waals surface area contributed by atoms with Crippen LogP contribution in [-0.4, -0.2) is 47.8 Å². The molecular formula is C14H17N3O4. The standard InChI is InChI=1S/C14H17N3O4/c15-12(18)9-6-8-2-1-3-10(8)16-13(9)17-4-5-21-11(7-17)14(19)20/h6,11H,1-5,7H2,(H2,15,18)(H,19,20). The van der Waals surface area contributed by atoms with E-state index in [1.54, 1.807) is 11.0 Å². The van der Waals surface area contributed by atoms with Crippen LogP contribution in [0.15, 0.2) is 6.07 Å². The van der Waals surface area contributed by atoms with Gasteiger partial charge in [-0.2, -0.15) is 0 Å². The molecule has 2 heterocycles. The minimum absolute atomic E-state index is 0.168. The van der Waals surface area contributed by atoms with Gasteiger partial charge in [0.2, 0.25) is 0 Å². The Morgan fingerprint density at radius 1 is 1.43 bits per heavy atom. The molecule has 0 bridgehead atoms. The number of anilines is 1. The van der Waals surface area contributed by atoms with Crippen LogP contribution in [0.25, 0.3) is 0 Å². The topological polar surface area (TPSA) is 106 Å². The quantitative estimate of drug-likeness (QED) is 0.809. The molecule has 1 saturated heterocycles. The number of aliphatic carboxylic acids is 1. The van der Waals surface area contributed by atoms with Crippen molar-refractivity contribution in [2.45, 2.75) is 25.4 Å². The van der Waals surface area contributed by atoms with Crippen molar-refractivity contribution >= 4 is 17.7 Å². The second-order valence-corrected chi connectivity index (χ2v) is 5.33. The molecule has 0 radical (unpaired) electrons. The van der Waals surface area contributed by atoms with Crippen LogP contribution in [-0.2, 0) is 22.4 Å². The van der Waals surface area contributed by atoms with E-state index in [0.717, 1.165) is 30.5 Å². The lowest BCUT2D eigenvalue weighted by molar-refractivity contribution is -0.150. The van der Waals surface area contributed by atoms with Crippen molar-refractivity contribution in [3.63, 3.8) is 0 Å². The molecular weight excluding hydrogens is 274 g/mol. The minimum atomic E-state index is -1.01. The number of pyridine rings is 1. The highest BCUT2D eigenvalue weighted by Crippen LogP contribution is 2.28. The van der Waals surface area contributed by atoms with Gasteiger partial charge in [0.25, 0.3) is 5.91 Å². The molecule has 21 heavy (non-hydrogen) atoms. The zero-order valence-electron chi connectivity index (χ0n) is 11.5. The number of morpholine rings is 1. The maximum Gasteiger partial charge on any atom is 0.334 e. The maximum absolute atomic E-state index is 11.7. The molecule has 1 aromatic heterocycles. The number of aryl methyl sites for hydroxylation is 2. The smallest absolute Gasteiger partial charge is 0.334 e. The third-order valence-corrected chi connectivity index (χ3v) is 3.94. The number of fused-ring (bicyclic) bond motifs is 1. The van der Waals surface area contributed by atoms with Gasteiger partial charge in [0.1, 0.15) is 5.82 Å². The summed E-state index contributed by atoms with van der Waals surface area (Å²) in [5.41, 5.74) is 7.86. The lowest BCUT2D eigenvalue weighted by Crippen LogP contribution is -2.47. The van der Waals surface area contributed by atoms with Gasteiger partial charge in [-0.05, 0) is 30.9 Å². The number of carboxylic acid groups (broad SMARTS) is 1. The molecule has 7 heteroatoms. The van der Waals surface area contributed by atoms with Crippen LogP contribution in [0.5, 0.6) is 0 Å². The summed E-state index contributed by atoms with van der Waals surface area (Å²) in [6, 6.07) is 1.80. The molecule has 1 aliphatic carbocycles. The van der Waals surface area contributed by atoms with Crippen molar-refractivity contribution in [3.8, 4) is 0 Å². The molecule has 1 atom stereocenters. The Hall–Kier alpha value is -2.15. The molecule has 0 saturated carbocycles. The Morgan fingerprint density at radius 3 is 2.95 bits per heavy atom. The monoisotopic (exact) mass is 291 g/mol. The minimum Gasteiger partial charge on any atom is -0.479 e. The number of nitrogens with two attached hydrogens (primary N) is 1. The molecule has 7 nitrogen and oxygen atoms in total. The van der Waals surface area contributed by atoms with Crippen molar-refractivity contribution in [3.05, 3.63) is 22.9 Å². The highest BCUT2D eigenvalue weighted by Gasteiger charge is 2.30. The van der Waals surface area contributed by atoms with E-state index in [9.17, 15) is 9.59 Å². The Morgan fingerprint density at radius 2 is 2.24 bits per heavy atom. The Balaban J connectivity index is 1.97. The number of ether oxygens (including phenoxy) is 1. The Labute approximate surface area is 121 Å². The molecule has 112 valence electrons.